The van der Waals surface area contributed by atoms with E-state index in [9.17, 15) is 4.79 Å². The van der Waals surface area contributed by atoms with E-state index in [-0.39, 0.29) is 11.9 Å². The Kier molecular flexibility index (Phi) is 4.16. The van der Waals surface area contributed by atoms with Gasteiger partial charge in [-0.15, -0.1) is 0 Å². The third-order valence-electron chi connectivity index (χ3n) is 4.08. The largest absolute Gasteiger partial charge is 0.355 e. The smallest absolute Gasteiger partial charge is 0.241 e. The Morgan fingerprint density at radius 2 is 2.15 bits per heavy atom. The summed E-state index contributed by atoms with van der Waals surface area (Å²) in [5, 5.41) is 6.33. The highest BCUT2D eigenvalue weighted by Crippen LogP contribution is 2.26. The summed E-state index contributed by atoms with van der Waals surface area (Å²) in [6.45, 7) is 2.99. The molecule has 0 bridgehead atoms. The molecular formula is C15H22N4O. The van der Waals surface area contributed by atoms with E-state index in [2.05, 4.69) is 20.5 Å². The van der Waals surface area contributed by atoms with Crippen LogP contribution in [-0.4, -0.2) is 36.6 Å². The van der Waals surface area contributed by atoms with Crippen molar-refractivity contribution in [3.63, 3.8) is 0 Å². The summed E-state index contributed by atoms with van der Waals surface area (Å²) in [5.41, 5.74) is 0.840. The van der Waals surface area contributed by atoms with Crippen LogP contribution in [0.2, 0.25) is 0 Å². The van der Waals surface area contributed by atoms with Gasteiger partial charge in [0.2, 0.25) is 5.91 Å². The maximum atomic E-state index is 12.3. The van der Waals surface area contributed by atoms with Gasteiger partial charge in [0.25, 0.3) is 0 Å². The van der Waals surface area contributed by atoms with Crippen molar-refractivity contribution in [1.82, 2.24) is 10.3 Å². The number of aromatic nitrogens is 1. The number of hydrogen-bond donors (Lipinski definition) is 2. The minimum Gasteiger partial charge on any atom is -0.355 e. The van der Waals surface area contributed by atoms with Crippen LogP contribution in [0, 0.1) is 0 Å². The van der Waals surface area contributed by atoms with Crippen molar-refractivity contribution in [1.29, 1.82) is 0 Å². The average Bonchev–Trinajstić information content (AvgIpc) is 3.03. The molecule has 2 aliphatic rings. The summed E-state index contributed by atoms with van der Waals surface area (Å²) < 4.78 is 0. The number of anilines is 2. The third-order valence-corrected chi connectivity index (χ3v) is 4.08. The topological polar surface area (TPSA) is 57.3 Å². The minimum atomic E-state index is -0.0598. The predicted molar refractivity (Wildman–Crippen MR) is 80.0 cm³/mol. The molecule has 1 atom stereocenters. The molecule has 5 nitrogen and oxygen atoms in total. The van der Waals surface area contributed by atoms with Gasteiger partial charge in [0.1, 0.15) is 0 Å². The van der Waals surface area contributed by atoms with Crippen molar-refractivity contribution in [2.24, 2.45) is 0 Å². The van der Waals surface area contributed by atoms with Gasteiger partial charge in [-0.25, -0.2) is 4.98 Å². The van der Waals surface area contributed by atoms with E-state index in [1.165, 1.54) is 12.8 Å². The molecule has 2 N–H and O–H groups in total. The Morgan fingerprint density at radius 1 is 1.30 bits per heavy atom. The molecule has 108 valence electrons. The third kappa shape index (κ3) is 2.93. The first-order valence-electron chi connectivity index (χ1n) is 7.59. The SMILES string of the molecule is O=C(Nc1cccnc1N1CCCC1)[C@@H]1CCCCN1. The molecule has 1 aromatic rings. The van der Waals surface area contributed by atoms with Crippen LogP contribution in [0.25, 0.3) is 0 Å². The number of hydrogen-bond acceptors (Lipinski definition) is 4. The van der Waals surface area contributed by atoms with Crippen molar-refractivity contribution < 1.29 is 4.79 Å². The second-order valence-electron chi connectivity index (χ2n) is 5.56. The lowest BCUT2D eigenvalue weighted by molar-refractivity contribution is -0.118. The number of amides is 1. The van der Waals surface area contributed by atoms with Crippen molar-refractivity contribution in [2.45, 2.75) is 38.1 Å². The summed E-state index contributed by atoms with van der Waals surface area (Å²) in [5.74, 6) is 0.979. The molecule has 0 radical (unpaired) electrons. The fourth-order valence-electron chi connectivity index (χ4n) is 2.97. The van der Waals surface area contributed by atoms with Gasteiger partial charge in [0, 0.05) is 19.3 Å². The van der Waals surface area contributed by atoms with Gasteiger partial charge >= 0.3 is 0 Å². The zero-order valence-corrected chi connectivity index (χ0v) is 11.8. The number of carbonyl (C=O) groups is 1. The van der Waals surface area contributed by atoms with Crippen LogP contribution in [0.3, 0.4) is 0 Å². The van der Waals surface area contributed by atoms with Crippen molar-refractivity contribution >= 4 is 17.4 Å². The van der Waals surface area contributed by atoms with E-state index < -0.39 is 0 Å². The zero-order valence-electron chi connectivity index (χ0n) is 11.8. The van der Waals surface area contributed by atoms with E-state index in [4.69, 9.17) is 0 Å². The first kappa shape index (κ1) is 13.4. The van der Waals surface area contributed by atoms with E-state index in [0.717, 1.165) is 50.4 Å². The molecule has 2 aliphatic heterocycles. The maximum absolute atomic E-state index is 12.3. The van der Waals surface area contributed by atoms with Crippen LogP contribution >= 0.6 is 0 Å². The molecule has 20 heavy (non-hydrogen) atoms. The molecule has 5 heteroatoms. The standard InChI is InChI=1S/C15H22N4O/c20-15(13-6-1-2-8-16-13)18-12-7-5-9-17-14(12)19-10-3-4-11-19/h5,7,9,13,16H,1-4,6,8,10-11H2,(H,18,20)/t13-/m0/s1. The molecule has 0 aromatic carbocycles. The Balaban J connectivity index is 1.71. The molecule has 0 saturated carbocycles. The van der Waals surface area contributed by atoms with Crippen molar-refractivity contribution in [3.8, 4) is 0 Å². The van der Waals surface area contributed by atoms with Gasteiger partial charge in [-0.2, -0.15) is 0 Å². The fourth-order valence-corrected chi connectivity index (χ4v) is 2.97. The van der Waals surface area contributed by atoms with E-state index in [1.807, 2.05) is 12.1 Å². The maximum Gasteiger partial charge on any atom is 0.241 e. The highest BCUT2D eigenvalue weighted by molar-refractivity contribution is 5.97. The second kappa shape index (κ2) is 6.22. The molecular weight excluding hydrogens is 252 g/mol. The molecule has 3 heterocycles. The first-order chi connectivity index (χ1) is 9.84. The number of nitrogens with one attached hydrogen (secondary N) is 2. The Labute approximate surface area is 119 Å². The molecule has 1 amide bonds. The normalized spacial score (nSPS) is 22.8. The molecule has 0 unspecified atom stereocenters. The Hall–Kier alpha value is -1.62. The van der Waals surface area contributed by atoms with E-state index in [1.54, 1.807) is 6.20 Å². The lowest BCUT2D eigenvalue weighted by Gasteiger charge is -2.24. The molecule has 1 aromatic heterocycles. The van der Waals surface area contributed by atoms with Gasteiger partial charge in [0.05, 0.1) is 11.7 Å². The van der Waals surface area contributed by atoms with Crippen LogP contribution in [-0.2, 0) is 4.79 Å². The number of piperidine rings is 1. The fraction of sp³-hybridized carbons (Fsp3) is 0.600. The number of nitrogens with zero attached hydrogens (tertiary/aromatic N) is 2. The quantitative estimate of drug-likeness (QED) is 0.882. The zero-order chi connectivity index (χ0) is 13.8. The summed E-state index contributed by atoms with van der Waals surface area (Å²) in [6, 6.07) is 3.76. The summed E-state index contributed by atoms with van der Waals surface area (Å²) in [4.78, 5) is 19.0. The van der Waals surface area contributed by atoms with Gasteiger partial charge in [-0.1, -0.05) is 6.42 Å². The molecule has 0 aliphatic carbocycles. The van der Waals surface area contributed by atoms with Gasteiger partial charge in [0.15, 0.2) is 5.82 Å². The van der Waals surface area contributed by atoms with Gasteiger partial charge in [-0.3, -0.25) is 4.79 Å². The number of rotatable bonds is 3. The predicted octanol–water partition coefficient (Wildman–Crippen LogP) is 1.76. The number of carbonyl (C=O) groups excluding carboxylic acids is 1. The van der Waals surface area contributed by atoms with Crippen LogP contribution in [0.5, 0.6) is 0 Å². The van der Waals surface area contributed by atoms with Crippen molar-refractivity contribution in [3.05, 3.63) is 18.3 Å². The Bertz CT molecular complexity index is 465. The van der Waals surface area contributed by atoms with E-state index in [0.29, 0.717) is 0 Å². The Morgan fingerprint density at radius 3 is 2.90 bits per heavy atom. The summed E-state index contributed by atoms with van der Waals surface area (Å²) >= 11 is 0. The van der Waals surface area contributed by atoms with Crippen LogP contribution in [0.1, 0.15) is 32.1 Å². The monoisotopic (exact) mass is 274 g/mol. The van der Waals surface area contributed by atoms with Gasteiger partial charge < -0.3 is 15.5 Å². The first-order valence-corrected chi connectivity index (χ1v) is 7.59. The second-order valence-corrected chi connectivity index (χ2v) is 5.56. The highest BCUT2D eigenvalue weighted by atomic mass is 16.2. The average molecular weight is 274 g/mol. The van der Waals surface area contributed by atoms with Crippen LogP contribution in [0.4, 0.5) is 11.5 Å². The highest BCUT2D eigenvalue weighted by Gasteiger charge is 2.23. The van der Waals surface area contributed by atoms with Crippen molar-refractivity contribution in [2.75, 3.05) is 29.9 Å². The number of pyridine rings is 1. The summed E-state index contributed by atoms with van der Waals surface area (Å²) in [7, 11) is 0. The minimum absolute atomic E-state index is 0.0598. The van der Waals surface area contributed by atoms with E-state index >= 15 is 0 Å². The molecule has 2 fully saturated rings. The molecule has 0 spiro atoms. The lowest BCUT2D eigenvalue weighted by atomic mass is 10.0. The lowest BCUT2D eigenvalue weighted by Crippen LogP contribution is -2.43. The molecule has 2 saturated heterocycles. The van der Waals surface area contributed by atoms with Crippen LogP contribution < -0.4 is 15.5 Å². The molecule has 3 rings (SSSR count). The van der Waals surface area contributed by atoms with Gasteiger partial charge in [-0.05, 0) is 44.4 Å². The summed E-state index contributed by atoms with van der Waals surface area (Å²) in [6.07, 6.45) is 7.41. The van der Waals surface area contributed by atoms with Crippen LogP contribution in [0.15, 0.2) is 18.3 Å².